The van der Waals surface area contributed by atoms with E-state index < -0.39 is 28.8 Å². The van der Waals surface area contributed by atoms with Gasteiger partial charge in [-0.15, -0.1) is 17.2 Å². The first-order valence-corrected chi connectivity index (χ1v) is 2.94. The van der Waals surface area contributed by atoms with Crippen molar-refractivity contribution in [3.63, 3.8) is 0 Å². The van der Waals surface area contributed by atoms with Crippen LogP contribution in [0.2, 0.25) is 0 Å². The van der Waals surface area contributed by atoms with Crippen LogP contribution in [0.25, 0.3) is 0 Å². The van der Waals surface area contributed by atoms with Gasteiger partial charge >= 0.3 is 5.97 Å². The van der Waals surface area contributed by atoms with E-state index in [1.807, 2.05) is 0 Å². The third-order valence-corrected chi connectivity index (χ3v) is 1.27. The molecule has 0 unspecified atom stereocenters. The maximum absolute atomic E-state index is 10.6. The molecule has 5 heteroatoms. The zero-order valence-electron chi connectivity index (χ0n) is 5.73. The fraction of sp³-hybridized carbons (Fsp3) is 0. The smallest absolute Gasteiger partial charge is 0.335 e. The summed E-state index contributed by atoms with van der Waals surface area (Å²) in [6.07, 6.45) is 0. The van der Waals surface area contributed by atoms with Gasteiger partial charge in [-0.3, -0.25) is 0 Å². The highest BCUT2D eigenvalue weighted by Gasteiger charge is 2.00. The molecule has 12 heavy (non-hydrogen) atoms. The molecule has 0 saturated heterocycles. The lowest BCUT2D eigenvalue weighted by Crippen LogP contribution is -2.07. The second-order valence-electron chi connectivity index (χ2n) is 2.11. The van der Waals surface area contributed by atoms with E-state index in [2.05, 4.69) is 0 Å². The predicted octanol–water partition coefficient (Wildman–Crippen LogP) is -1.39. The third-order valence-electron chi connectivity index (χ3n) is 1.27. The van der Waals surface area contributed by atoms with Crippen LogP contribution in [0, 0.1) is 0 Å². The van der Waals surface area contributed by atoms with Crippen LogP contribution in [0.3, 0.4) is 0 Å². The average molecular weight is 167 g/mol. The summed E-state index contributed by atoms with van der Waals surface area (Å²) >= 11 is 0. The number of hydrogen-bond acceptors (Lipinski definition) is 4. The van der Waals surface area contributed by atoms with Crippen molar-refractivity contribution in [2.24, 2.45) is 0 Å². The van der Waals surface area contributed by atoms with Crippen LogP contribution < -0.4 is 15.3 Å². The van der Waals surface area contributed by atoms with Crippen molar-refractivity contribution in [3.8, 4) is 17.2 Å². The molecule has 0 atom stereocenters. The van der Waals surface area contributed by atoms with Gasteiger partial charge in [0.05, 0.1) is 5.56 Å². The Morgan fingerprint density at radius 2 is 1.58 bits per heavy atom. The fourth-order valence-corrected chi connectivity index (χ4v) is 0.700. The van der Waals surface area contributed by atoms with E-state index in [0.29, 0.717) is 12.1 Å². The van der Waals surface area contributed by atoms with E-state index >= 15 is 0 Å². The van der Waals surface area contributed by atoms with Gasteiger partial charge in [0.2, 0.25) is 0 Å². The number of benzene rings is 1. The highest BCUT2D eigenvalue weighted by atomic mass is 16.4. The summed E-state index contributed by atoms with van der Waals surface area (Å²) in [5.74, 6) is -4.76. The first-order chi connectivity index (χ1) is 5.52. The van der Waals surface area contributed by atoms with E-state index in [1.54, 1.807) is 0 Å². The molecule has 0 spiro atoms. The Hall–Kier alpha value is -1.91. The van der Waals surface area contributed by atoms with E-state index in [4.69, 9.17) is 5.11 Å². The molecule has 0 aliphatic carbocycles. The first-order valence-electron chi connectivity index (χ1n) is 2.94. The number of carbonyl (C=O) groups is 1. The SMILES string of the molecule is O=C(O)c1cc([O-])c([O-])c([O-])c1. The fourth-order valence-electron chi connectivity index (χ4n) is 0.700. The van der Waals surface area contributed by atoms with E-state index in [1.165, 1.54) is 0 Å². The molecule has 0 bridgehead atoms. The standard InChI is InChI=1S/C7H6O5/c8-4-1-3(7(11)12)2-5(9)6(4)10/h1-2,8-10H,(H,11,12)/p-3. The molecular formula is C7H3O5-3. The minimum absolute atomic E-state index is 0.454. The average Bonchev–Trinajstić information content (AvgIpc) is 1.99. The molecule has 0 saturated carbocycles. The third kappa shape index (κ3) is 1.24. The van der Waals surface area contributed by atoms with Crippen LogP contribution >= 0.6 is 0 Å². The largest absolute Gasteiger partial charge is 0.873 e. The summed E-state index contributed by atoms with van der Waals surface area (Å²) in [5, 5.41) is 40.0. The van der Waals surface area contributed by atoms with Crippen LogP contribution in [-0.2, 0) is 0 Å². The topological polar surface area (TPSA) is 106 Å². The summed E-state index contributed by atoms with van der Waals surface area (Å²) in [4.78, 5) is 10.2. The monoisotopic (exact) mass is 167 g/mol. The molecule has 1 N–H and O–H groups in total. The Bertz CT molecular complexity index is 308. The number of aromatic carboxylic acids is 1. The van der Waals surface area contributed by atoms with Crippen molar-refractivity contribution in [1.82, 2.24) is 0 Å². The number of carboxylic acid groups (broad SMARTS) is 1. The molecule has 0 aromatic heterocycles. The maximum Gasteiger partial charge on any atom is 0.335 e. The predicted molar refractivity (Wildman–Crippen MR) is 31.7 cm³/mol. The molecule has 1 rings (SSSR count). The van der Waals surface area contributed by atoms with Crippen molar-refractivity contribution in [3.05, 3.63) is 17.7 Å². The number of rotatable bonds is 1. The van der Waals surface area contributed by atoms with Gasteiger partial charge in [0.25, 0.3) is 0 Å². The summed E-state index contributed by atoms with van der Waals surface area (Å²) in [6.45, 7) is 0. The zero-order chi connectivity index (χ0) is 9.30. The second kappa shape index (κ2) is 2.61. The molecule has 5 nitrogen and oxygen atoms in total. The summed E-state index contributed by atoms with van der Waals surface area (Å²) in [6, 6.07) is 1.26. The van der Waals surface area contributed by atoms with Gasteiger partial charge in [-0.05, 0) is 0 Å². The van der Waals surface area contributed by atoms with Crippen molar-refractivity contribution in [2.45, 2.75) is 0 Å². The number of carboxylic acids is 1. The maximum atomic E-state index is 10.6. The number of hydrogen-bond donors (Lipinski definition) is 1. The normalized spacial score (nSPS) is 9.67. The lowest BCUT2D eigenvalue weighted by molar-refractivity contribution is -0.341. The minimum Gasteiger partial charge on any atom is -0.873 e. The Labute approximate surface area is 67.1 Å². The zero-order valence-corrected chi connectivity index (χ0v) is 5.73. The quantitative estimate of drug-likeness (QED) is 0.553. The minimum atomic E-state index is -1.40. The van der Waals surface area contributed by atoms with Gasteiger partial charge in [0.1, 0.15) is 0 Å². The van der Waals surface area contributed by atoms with Crippen LogP contribution in [0.1, 0.15) is 10.4 Å². The van der Waals surface area contributed by atoms with Crippen molar-refractivity contribution >= 4 is 5.97 Å². The highest BCUT2D eigenvalue weighted by molar-refractivity contribution is 5.89. The van der Waals surface area contributed by atoms with Crippen molar-refractivity contribution in [2.75, 3.05) is 0 Å². The first kappa shape index (κ1) is 8.19. The molecule has 0 heterocycles. The van der Waals surface area contributed by atoms with Crippen molar-refractivity contribution in [1.29, 1.82) is 0 Å². The van der Waals surface area contributed by atoms with Gasteiger partial charge in [-0.25, -0.2) is 4.79 Å². The van der Waals surface area contributed by atoms with Crippen molar-refractivity contribution < 1.29 is 25.2 Å². The van der Waals surface area contributed by atoms with Gasteiger partial charge in [-0.2, -0.15) is 0 Å². The molecule has 1 aromatic rings. The van der Waals surface area contributed by atoms with Crippen LogP contribution in [0.4, 0.5) is 0 Å². The Kier molecular flexibility index (Phi) is 1.78. The van der Waals surface area contributed by atoms with Crippen LogP contribution in [0.5, 0.6) is 17.2 Å². The highest BCUT2D eigenvalue weighted by Crippen LogP contribution is 2.28. The molecule has 0 aliphatic heterocycles. The lowest BCUT2D eigenvalue weighted by Gasteiger charge is -2.25. The van der Waals surface area contributed by atoms with E-state index in [0.717, 1.165) is 0 Å². The molecular weight excluding hydrogens is 164 g/mol. The van der Waals surface area contributed by atoms with Gasteiger partial charge in [0, 0.05) is 0 Å². The molecule has 0 aliphatic rings. The van der Waals surface area contributed by atoms with Gasteiger partial charge < -0.3 is 20.4 Å². The lowest BCUT2D eigenvalue weighted by atomic mass is 10.2. The van der Waals surface area contributed by atoms with Crippen LogP contribution in [-0.4, -0.2) is 11.1 Å². The molecule has 0 radical (unpaired) electrons. The van der Waals surface area contributed by atoms with Crippen LogP contribution in [0.15, 0.2) is 12.1 Å². The van der Waals surface area contributed by atoms with E-state index in [-0.39, 0.29) is 0 Å². The van der Waals surface area contributed by atoms with Gasteiger partial charge in [0.15, 0.2) is 0 Å². The summed E-state index contributed by atoms with van der Waals surface area (Å²) in [7, 11) is 0. The summed E-state index contributed by atoms with van der Waals surface area (Å²) < 4.78 is 0. The Morgan fingerprint density at radius 3 is 1.92 bits per heavy atom. The molecule has 0 amide bonds. The Morgan fingerprint density at radius 1 is 1.17 bits per heavy atom. The molecule has 1 aromatic carbocycles. The Balaban J connectivity index is 3.31. The van der Waals surface area contributed by atoms with E-state index in [9.17, 15) is 20.1 Å². The second-order valence-corrected chi connectivity index (χ2v) is 2.11. The summed E-state index contributed by atoms with van der Waals surface area (Å²) in [5.41, 5.74) is -0.454. The molecule has 64 valence electrons. The van der Waals surface area contributed by atoms with Gasteiger partial charge in [-0.1, -0.05) is 12.1 Å². The molecule has 0 fully saturated rings.